The van der Waals surface area contributed by atoms with E-state index < -0.39 is 6.04 Å². The van der Waals surface area contributed by atoms with Gasteiger partial charge in [-0.05, 0) is 31.0 Å². The van der Waals surface area contributed by atoms with Gasteiger partial charge in [0.2, 0.25) is 5.91 Å². The quantitative estimate of drug-likeness (QED) is 0.783. The number of nitrogens with zero attached hydrogens (tertiary/aromatic N) is 1. The number of halogens is 2. The van der Waals surface area contributed by atoms with E-state index in [1.165, 1.54) is 0 Å². The molecule has 0 heterocycles. The summed E-state index contributed by atoms with van der Waals surface area (Å²) in [5.41, 5.74) is 0.611. The van der Waals surface area contributed by atoms with E-state index >= 15 is 0 Å². The summed E-state index contributed by atoms with van der Waals surface area (Å²) in [6.07, 6.45) is 0.943. The summed E-state index contributed by atoms with van der Waals surface area (Å²) >= 11 is 11.7. The van der Waals surface area contributed by atoms with Crippen LogP contribution in [0.15, 0.2) is 18.2 Å². The van der Waals surface area contributed by atoms with E-state index in [-0.39, 0.29) is 5.91 Å². The highest BCUT2D eigenvalue weighted by Gasteiger charge is 2.14. The van der Waals surface area contributed by atoms with Crippen molar-refractivity contribution in [3.05, 3.63) is 33.8 Å². The second-order valence-electron chi connectivity index (χ2n) is 4.10. The van der Waals surface area contributed by atoms with E-state index in [0.717, 1.165) is 0 Å². The lowest BCUT2D eigenvalue weighted by Gasteiger charge is -2.12. The topological polar surface area (TPSA) is 62.1 Å². The van der Waals surface area contributed by atoms with Crippen molar-refractivity contribution in [3.8, 4) is 6.07 Å². The summed E-state index contributed by atoms with van der Waals surface area (Å²) < 4.78 is 5.15. The molecule has 0 radical (unpaired) electrons. The first-order valence-corrected chi connectivity index (χ1v) is 7.05. The van der Waals surface area contributed by atoms with Crippen molar-refractivity contribution >= 4 is 29.1 Å². The maximum Gasteiger partial charge on any atom is 0.221 e. The minimum atomic E-state index is -0.732. The minimum Gasteiger partial charge on any atom is -0.382 e. The van der Waals surface area contributed by atoms with Crippen LogP contribution in [0.3, 0.4) is 0 Å². The molecule has 20 heavy (non-hydrogen) atoms. The summed E-state index contributed by atoms with van der Waals surface area (Å²) in [7, 11) is 0. The van der Waals surface area contributed by atoms with Crippen molar-refractivity contribution in [2.45, 2.75) is 25.8 Å². The van der Waals surface area contributed by atoms with Gasteiger partial charge in [0.15, 0.2) is 0 Å². The van der Waals surface area contributed by atoms with Gasteiger partial charge in [0.1, 0.15) is 6.04 Å². The average Bonchev–Trinajstić information content (AvgIpc) is 2.44. The van der Waals surface area contributed by atoms with Crippen LogP contribution in [0, 0.1) is 11.3 Å². The fourth-order valence-corrected chi connectivity index (χ4v) is 1.90. The Morgan fingerprint density at radius 1 is 1.45 bits per heavy atom. The van der Waals surface area contributed by atoms with Crippen molar-refractivity contribution in [3.63, 3.8) is 0 Å². The van der Waals surface area contributed by atoms with Crippen LogP contribution in [-0.4, -0.2) is 19.1 Å². The smallest absolute Gasteiger partial charge is 0.221 e. The van der Waals surface area contributed by atoms with Crippen molar-refractivity contribution in [2.75, 3.05) is 13.2 Å². The van der Waals surface area contributed by atoms with E-state index in [1.807, 2.05) is 13.0 Å². The Balaban J connectivity index is 2.56. The van der Waals surface area contributed by atoms with Crippen molar-refractivity contribution in [1.29, 1.82) is 5.26 Å². The average molecular weight is 315 g/mol. The van der Waals surface area contributed by atoms with Crippen LogP contribution in [-0.2, 0) is 9.53 Å². The molecule has 1 aromatic rings. The predicted molar refractivity (Wildman–Crippen MR) is 78.7 cm³/mol. The lowest BCUT2D eigenvalue weighted by Crippen LogP contribution is -2.27. The molecular weight excluding hydrogens is 299 g/mol. The fourth-order valence-electron chi connectivity index (χ4n) is 1.59. The highest BCUT2D eigenvalue weighted by Crippen LogP contribution is 2.25. The van der Waals surface area contributed by atoms with E-state index in [4.69, 9.17) is 33.2 Å². The first-order valence-electron chi connectivity index (χ1n) is 6.30. The molecule has 1 rings (SSSR count). The number of hydrogen-bond donors (Lipinski definition) is 1. The first kappa shape index (κ1) is 16.8. The second-order valence-corrected chi connectivity index (χ2v) is 4.92. The van der Waals surface area contributed by atoms with Crippen LogP contribution < -0.4 is 5.32 Å². The van der Waals surface area contributed by atoms with Crippen LogP contribution in [0.1, 0.15) is 31.4 Å². The molecule has 0 spiro atoms. The van der Waals surface area contributed by atoms with Crippen LogP contribution in [0.25, 0.3) is 0 Å². The molecule has 0 aliphatic heterocycles. The van der Waals surface area contributed by atoms with Crippen LogP contribution >= 0.6 is 23.2 Å². The zero-order valence-corrected chi connectivity index (χ0v) is 12.7. The lowest BCUT2D eigenvalue weighted by atomic mass is 10.1. The predicted octanol–water partition coefficient (Wildman–Crippen LogP) is 3.49. The van der Waals surface area contributed by atoms with Gasteiger partial charge < -0.3 is 10.1 Å². The molecule has 0 bridgehead atoms. The third kappa shape index (κ3) is 5.38. The number of carbonyl (C=O) groups excluding carboxylic acids is 1. The monoisotopic (exact) mass is 314 g/mol. The number of nitrogens with one attached hydrogen (secondary N) is 1. The zero-order valence-electron chi connectivity index (χ0n) is 11.2. The zero-order chi connectivity index (χ0) is 15.0. The summed E-state index contributed by atoms with van der Waals surface area (Å²) in [6.45, 7) is 3.07. The van der Waals surface area contributed by atoms with Gasteiger partial charge in [-0.1, -0.05) is 29.3 Å². The van der Waals surface area contributed by atoms with Gasteiger partial charge in [0.25, 0.3) is 0 Å². The normalized spacial score (nSPS) is 11.7. The third-order valence-electron chi connectivity index (χ3n) is 2.61. The number of ether oxygens (including phenoxy) is 1. The van der Waals surface area contributed by atoms with E-state index in [1.54, 1.807) is 18.2 Å². The second kappa shape index (κ2) is 8.80. The van der Waals surface area contributed by atoms with Crippen LogP contribution in [0.5, 0.6) is 0 Å². The van der Waals surface area contributed by atoms with Crippen molar-refractivity contribution < 1.29 is 9.53 Å². The molecule has 0 saturated carbocycles. The molecule has 0 aromatic heterocycles. The fraction of sp³-hybridized carbons (Fsp3) is 0.429. The molecule has 1 amide bonds. The van der Waals surface area contributed by atoms with Gasteiger partial charge in [-0.25, -0.2) is 0 Å². The van der Waals surface area contributed by atoms with Crippen molar-refractivity contribution in [1.82, 2.24) is 5.32 Å². The van der Waals surface area contributed by atoms with Crippen molar-refractivity contribution in [2.24, 2.45) is 0 Å². The standard InChI is InChI=1S/C14H16Cl2N2O2/c1-2-20-7-3-4-14(19)18-13(9-17)10-5-6-11(15)12(16)8-10/h5-6,8,13H,2-4,7H2,1H3,(H,18,19). The number of rotatable bonds is 7. The number of amides is 1. The van der Waals surface area contributed by atoms with Gasteiger partial charge in [-0.2, -0.15) is 5.26 Å². The van der Waals surface area contributed by atoms with Gasteiger partial charge in [-0.3, -0.25) is 4.79 Å². The highest BCUT2D eigenvalue weighted by atomic mass is 35.5. The summed E-state index contributed by atoms with van der Waals surface area (Å²) in [6, 6.07) is 6.15. The Bertz CT molecular complexity index is 500. The molecule has 6 heteroatoms. The Hall–Kier alpha value is -1.28. The van der Waals surface area contributed by atoms with E-state index in [0.29, 0.717) is 41.7 Å². The van der Waals surface area contributed by atoms with Crippen LogP contribution in [0.4, 0.5) is 0 Å². The molecule has 1 N–H and O–H groups in total. The van der Waals surface area contributed by atoms with E-state index in [9.17, 15) is 4.79 Å². The molecule has 108 valence electrons. The molecule has 0 saturated heterocycles. The number of nitriles is 1. The van der Waals surface area contributed by atoms with Crippen LogP contribution in [0.2, 0.25) is 10.0 Å². The maximum absolute atomic E-state index is 11.7. The molecule has 1 aromatic carbocycles. The van der Waals surface area contributed by atoms with Gasteiger partial charge >= 0.3 is 0 Å². The molecule has 1 atom stereocenters. The largest absolute Gasteiger partial charge is 0.382 e. The molecule has 1 unspecified atom stereocenters. The molecule has 0 aliphatic rings. The molecule has 0 aliphatic carbocycles. The third-order valence-corrected chi connectivity index (χ3v) is 3.35. The van der Waals surface area contributed by atoms with E-state index in [2.05, 4.69) is 5.32 Å². The summed E-state index contributed by atoms with van der Waals surface area (Å²) in [4.78, 5) is 11.7. The van der Waals surface area contributed by atoms with Gasteiger partial charge in [0.05, 0.1) is 16.1 Å². The summed E-state index contributed by atoms with van der Waals surface area (Å²) in [5, 5.41) is 12.6. The number of hydrogen-bond acceptors (Lipinski definition) is 3. The Kier molecular flexibility index (Phi) is 7.38. The molecular formula is C14H16Cl2N2O2. The SMILES string of the molecule is CCOCCCC(=O)NC(C#N)c1ccc(Cl)c(Cl)c1. The Labute approximate surface area is 128 Å². The Morgan fingerprint density at radius 2 is 2.20 bits per heavy atom. The summed E-state index contributed by atoms with van der Waals surface area (Å²) in [5.74, 6) is -0.192. The number of benzene rings is 1. The Morgan fingerprint density at radius 3 is 2.80 bits per heavy atom. The lowest BCUT2D eigenvalue weighted by molar-refractivity contribution is -0.121. The molecule has 0 fully saturated rings. The number of carbonyl (C=O) groups is 1. The minimum absolute atomic E-state index is 0.192. The highest BCUT2D eigenvalue weighted by molar-refractivity contribution is 6.42. The first-order chi connectivity index (χ1) is 9.58. The molecule has 4 nitrogen and oxygen atoms in total. The maximum atomic E-state index is 11.7. The van der Waals surface area contributed by atoms with Gasteiger partial charge in [-0.15, -0.1) is 0 Å². The van der Waals surface area contributed by atoms with Gasteiger partial charge in [0, 0.05) is 19.6 Å².